The van der Waals surface area contributed by atoms with Crippen LogP contribution in [0.3, 0.4) is 0 Å². The largest absolute Gasteiger partial charge is 1.00 e. The Bertz CT molecular complexity index is 983. The van der Waals surface area contributed by atoms with Crippen LogP contribution in [0.2, 0.25) is 0 Å². The van der Waals surface area contributed by atoms with E-state index in [4.69, 9.17) is 0 Å². The lowest BCUT2D eigenvalue weighted by Crippen LogP contribution is -3.00. The third-order valence-electron chi connectivity index (χ3n) is 5.20. The molecule has 6 heteroatoms. The highest BCUT2D eigenvalue weighted by atomic mass is 79.9. The van der Waals surface area contributed by atoms with E-state index in [0.29, 0.717) is 17.9 Å². The number of hydrogen-bond donors (Lipinski definition) is 0. The number of aromatic nitrogens is 1. The number of ketones is 1. The Morgan fingerprint density at radius 2 is 1.50 bits per heavy atom. The monoisotopic (exact) mass is 495 g/mol. The lowest BCUT2D eigenvalue weighted by Gasteiger charge is -2.19. The molecular formula is C24H34BrNO3S. The number of aryl methyl sites for hydroxylation is 2. The highest BCUT2D eigenvalue weighted by molar-refractivity contribution is 7.91. The Balaban J connectivity index is 0.00000450. The summed E-state index contributed by atoms with van der Waals surface area (Å²) in [5.74, 6) is 0.187. The second kappa shape index (κ2) is 9.73. The Labute approximate surface area is 192 Å². The summed E-state index contributed by atoms with van der Waals surface area (Å²) >= 11 is 0. The minimum atomic E-state index is -3.37. The lowest BCUT2D eigenvalue weighted by atomic mass is 9.87. The summed E-state index contributed by atoms with van der Waals surface area (Å²) in [5.41, 5.74) is 2.58. The lowest BCUT2D eigenvalue weighted by molar-refractivity contribution is -0.691. The van der Waals surface area contributed by atoms with E-state index in [-0.39, 0.29) is 33.9 Å². The van der Waals surface area contributed by atoms with Gasteiger partial charge in [0.2, 0.25) is 12.3 Å². The Kier molecular flexibility index (Phi) is 8.60. The maximum Gasteiger partial charge on any atom is 0.207 e. The van der Waals surface area contributed by atoms with Crippen molar-refractivity contribution < 1.29 is 34.8 Å². The van der Waals surface area contributed by atoms with Gasteiger partial charge in [0.05, 0.1) is 10.6 Å². The zero-order valence-corrected chi connectivity index (χ0v) is 21.5. The van der Waals surface area contributed by atoms with Crippen LogP contribution in [0.5, 0.6) is 0 Å². The standard InChI is InChI=1S/C24H34NO3S.BrH/c1-18-8-9-19(16-25(18)17-22(26)24(5,6)7)14-15-29(27,28)21-12-10-20(11-13-21)23(2,3)4;/h8-13,16H,14-15,17H2,1-7H3;1H/q+1;/p-1. The average molecular weight is 497 g/mol. The normalized spacial score (nSPS) is 12.4. The van der Waals surface area contributed by atoms with E-state index in [1.165, 1.54) is 0 Å². The minimum absolute atomic E-state index is 0. The molecule has 0 aliphatic heterocycles. The summed E-state index contributed by atoms with van der Waals surface area (Å²) in [7, 11) is -3.37. The highest BCUT2D eigenvalue weighted by Gasteiger charge is 2.26. The molecule has 2 aromatic rings. The molecule has 0 radical (unpaired) electrons. The molecule has 2 rings (SSSR count). The molecule has 0 atom stereocenters. The zero-order chi connectivity index (χ0) is 22.0. The molecule has 166 valence electrons. The van der Waals surface area contributed by atoms with Crippen molar-refractivity contribution in [3.8, 4) is 0 Å². The summed E-state index contributed by atoms with van der Waals surface area (Å²) in [6.07, 6.45) is 2.31. The van der Waals surface area contributed by atoms with Gasteiger partial charge in [-0.2, -0.15) is 4.57 Å². The molecule has 0 N–H and O–H groups in total. The third-order valence-corrected chi connectivity index (χ3v) is 6.93. The number of benzene rings is 1. The van der Waals surface area contributed by atoms with Crippen molar-refractivity contribution in [2.75, 3.05) is 5.75 Å². The molecule has 4 nitrogen and oxygen atoms in total. The second-order valence-corrected chi connectivity index (χ2v) is 11.9. The van der Waals surface area contributed by atoms with Crippen LogP contribution in [0.25, 0.3) is 0 Å². The van der Waals surface area contributed by atoms with E-state index in [1.54, 1.807) is 12.1 Å². The Morgan fingerprint density at radius 3 is 2.00 bits per heavy atom. The van der Waals surface area contributed by atoms with Crippen molar-refractivity contribution in [1.82, 2.24) is 0 Å². The van der Waals surface area contributed by atoms with Gasteiger partial charge < -0.3 is 17.0 Å². The number of nitrogens with zero attached hydrogens (tertiary/aromatic N) is 1. The molecule has 1 aromatic heterocycles. The summed E-state index contributed by atoms with van der Waals surface area (Å²) in [6.45, 7) is 14.3. The van der Waals surface area contributed by atoms with E-state index >= 15 is 0 Å². The van der Waals surface area contributed by atoms with Crippen molar-refractivity contribution in [2.45, 2.75) is 71.7 Å². The first-order chi connectivity index (χ1) is 13.2. The molecule has 0 spiro atoms. The fourth-order valence-corrected chi connectivity index (χ4v) is 4.20. The number of pyridine rings is 1. The fourth-order valence-electron chi connectivity index (χ4n) is 2.91. The van der Waals surface area contributed by atoms with Gasteiger partial charge >= 0.3 is 0 Å². The topological polar surface area (TPSA) is 55.1 Å². The molecule has 0 fully saturated rings. The van der Waals surface area contributed by atoms with Gasteiger partial charge in [-0.25, -0.2) is 8.42 Å². The summed E-state index contributed by atoms with van der Waals surface area (Å²) < 4.78 is 27.4. The number of halogens is 1. The van der Waals surface area contributed by atoms with Gasteiger partial charge in [0.15, 0.2) is 21.7 Å². The first-order valence-electron chi connectivity index (χ1n) is 10.1. The molecule has 1 aromatic carbocycles. The maximum atomic E-state index is 12.8. The number of Topliss-reactive ketones (excluding diaryl/α,β-unsaturated/α-hetero) is 1. The minimum Gasteiger partial charge on any atom is -1.00 e. The number of carbonyl (C=O) groups is 1. The number of sulfone groups is 1. The summed E-state index contributed by atoms with van der Waals surface area (Å²) in [5, 5.41) is 0. The van der Waals surface area contributed by atoms with Gasteiger partial charge in [-0.05, 0) is 35.6 Å². The van der Waals surface area contributed by atoms with Crippen LogP contribution < -0.4 is 21.5 Å². The van der Waals surface area contributed by atoms with Crippen LogP contribution >= 0.6 is 0 Å². The fraction of sp³-hybridized carbons (Fsp3) is 0.500. The molecule has 0 unspecified atom stereocenters. The molecule has 0 amide bonds. The van der Waals surface area contributed by atoms with Gasteiger partial charge in [-0.1, -0.05) is 53.7 Å². The predicted molar refractivity (Wildman–Crippen MR) is 117 cm³/mol. The maximum absolute atomic E-state index is 12.8. The smallest absolute Gasteiger partial charge is 0.207 e. The average Bonchev–Trinajstić information content (AvgIpc) is 2.61. The predicted octanol–water partition coefficient (Wildman–Crippen LogP) is 1.22. The van der Waals surface area contributed by atoms with Crippen molar-refractivity contribution in [3.63, 3.8) is 0 Å². The molecule has 0 bridgehead atoms. The van der Waals surface area contributed by atoms with Crippen molar-refractivity contribution in [1.29, 1.82) is 0 Å². The van der Waals surface area contributed by atoms with E-state index in [2.05, 4.69) is 20.8 Å². The SMILES string of the molecule is Cc1ccc(CCS(=O)(=O)c2ccc(C(C)(C)C)cc2)c[n+]1CC(=O)C(C)(C)C.[Br-]. The Hall–Kier alpha value is -1.53. The van der Waals surface area contributed by atoms with Crippen molar-refractivity contribution in [3.05, 3.63) is 59.4 Å². The van der Waals surface area contributed by atoms with Gasteiger partial charge in [0.25, 0.3) is 0 Å². The van der Waals surface area contributed by atoms with Crippen LogP contribution in [-0.2, 0) is 33.0 Å². The van der Waals surface area contributed by atoms with Gasteiger partial charge in [0, 0.05) is 24.0 Å². The van der Waals surface area contributed by atoms with E-state index in [1.807, 2.05) is 62.7 Å². The zero-order valence-electron chi connectivity index (χ0n) is 19.1. The van der Waals surface area contributed by atoms with Crippen LogP contribution in [0.1, 0.15) is 58.4 Å². The highest BCUT2D eigenvalue weighted by Crippen LogP contribution is 2.24. The summed E-state index contributed by atoms with van der Waals surface area (Å²) in [6, 6.07) is 11.1. The number of rotatable bonds is 6. The van der Waals surface area contributed by atoms with E-state index < -0.39 is 15.3 Å². The van der Waals surface area contributed by atoms with Gasteiger partial charge in [-0.3, -0.25) is 4.79 Å². The van der Waals surface area contributed by atoms with Gasteiger partial charge in [-0.15, -0.1) is 0 Å². The van der Waals surface area contributed by atoms with Crippen LogP contribution in [0, 0.1) is 12.3 Å². The van der Waals surface area contributed by atoms with Crippen LogP contribution in [0.4, 0.5) is 0 Å². The molecule has 0 saturated heterocycles. The first kappa shape index (κ1) is 26.5. The molecule has 1 heterocycles. The Morgan fingerprint density at radius 1 is 0.933 bits per heavy atom. The van der Waals surface area contributed by atoms with Crippen molar-refractivity contribution >= 4 is 15.6 Å². The van der Waals surface area contributed by atoms with E-state index in [9.17, 15) is 13.2 Å². The molecule has 0 aliphatic carbocycles. The summed E-state index contributed by atoms with van der Waals surface area (Å²) in [4.78, 5) is 12.7. The van der Waals surface area contributed by atoms with Crippen molar-refractivity contribution in [2.24, 2.45) is 5.41 Å². The number of hydrogen-bond acceptors (Lipinski definition) is 3. The second-order valence-electron chi connectivity index (χ2n) is 9.82. The van der Waals surface area contributed by atoms with E-state index in [0.717, 1.165) is 16.8 Å². The van der Waals surface area contributed by atoms with Crippen LogP contribution in [-0.4, -0.2) is 20.0 Å². The molecule has 0 aliphatic rings. The van der Waals surface area contributed by atoms with Crippen LogP contribution in [0.15, 0.2) is 47.5 Å². The molecule has 30 heavy (non-hydrogen) atoms. The molecule has 0 saturated carbocycles. The molecular weight excluding hydrogens is 462 g/mol. The first-order valence-corrected chi connectivity index (χ1v) is 11.7. The van der Waals surface area contributed by atoms with Gasteiger partial charge in [0.1, 0.15) is 0 Å². The number of carbonyl (C=O) groups excluding carboxylic acids is 1. The third kappa shape index (κ3) is 7.02. The quantitative estimate of drug-likeness (QED) is 0.566.